The summed E-state index contributed by atoms with van der Waals surface area (Å²) in [4.78, 5) is 108. The van der Waals surface area contributed by atoms with Crippen molar-refractivity contribution in [1.82, 2.24) is 31.1 Å². The molecular formula is C52H93F7N8O10. The minimum Gasteiger partial charge on any atom is -0.372 e. The summed E-state index contributed by atoms with van der Waals surface area (Å²) >= 11 is 0. The van der Waals surface area contributed by atoms with Crippen LogP contribution in [-0.4, -0.2) is 146 Å². The average molecular weight is 1120 g/mol. The number of primary amides is 2. The highest BCUT2D eigenvalue weighted by molar-refractivity contribution is 5.91. The quantitative estimate of drug-likeness (QED) is 0.114. The number of carbonyl (C=O) groups is 10. The van der Waals surface area contributed by atoms with E-state index in [1.54, 1.807) is 32.7 Å². The second kappa shape index (κ2) is 41.8. The number of nitrogens with zero attached hydrogens (tertiary/aromatic N) is 2. The first-order valence-corrected chi connectivity index (χ1v) is 26.6. The lowest BCUT2D eigenvalue weighted by atomic mass is 9.85. The number of hydrogen-bond acceptors (Lipinski definition) is 11. The van der Waals surface area contributed by atoms with Gasteiger partial charge in [0.2, 0.25) is 42.2 Å². The molecule has 4 heterocycles. The van der Waals surface area contributed by atoms with E-state index in [1.807, 2.05) is 46.9 Å². The lowest BCUT2D eigenvalue weighted by Crippen LogP contribution is -2.57. The van der Waals surface area contributed by atoms with E-state index in [0.29, 0.717) is 50.2 Å². The van der Waals surface area contributed by atoms with Crippen LogP contribution in [0.4, 0.5) is 30.7 Å². The zero-order valence-corrected chi connectivity index (χ0v) is 47.6. The van der Waals surface area contributed by atoms with Gasteiger partial charge >= 0.3 is 18.3 Å². The molecule has 2 aliphatic carbocycles. The first-order chi connectivity index (χ1) is 35.9. The second-order valence-corrected chi connectivity index (χ2v) is 19.5. The molecule has 0 spiro atoms. The number of halogens is 7. The van der Waals surface area contributed by atoms with E-state index in [0.717, 1.165) is 103 Å². The zero-order chi connectivity index (χ0) is 60.8. The summed E-state index contributed by atoms with van der Waals surface area (Å²) in [6.45, 7) is 22.8. The van der Waals surface area contributed by atoms with Crippen molar-refractivity contribution in [3.8, 4) is 0 Å². The van der Waals surface area contributed by atoms with Crippen molar-refractivity contribution in [3.63, 3.8) is 0 Å². The van der Waals surface area contributed by atoms with Gasteiger partial charge in [-0.05, 0) is 101 Å². The third kappa shape index (κ3) is 33.6. The lowest BCUT2D eigenvalue weighted by molar-refractivity contribution is -0.176. The Morgan fingerprint density at radius 3 is 1.32 bits per heavy atom. The van der Waals surface area contributed by atoms with Gasteiger partial charge in [0.1, 0.15) is 36.4 Å². The molecular weight excluding hydrogens is 1030 g/mol. The van der Waals surface area contributed by atoms with Crippen molar-refractivity contribution in [2.24, 2.45) is 40.6 Å². The summed E-state index contributed by atoms with van der Waals surface area (Å²) in [6, 6.07) is -2.70. The Morgan fingerprint density at radius 2 is 1.05 bits per heavy atom. The Bertz CT molecular complexity index is 1670. The van der Waals surface area contributed by atoms with Gasteiger partial charge in [-0.15, -0.1) is 0 Å². The maximum absolute atomic E-state index is 14.1. The van der Waals surface area contributed by atoms with E-state index < -0.39 is 65.6 Å². The average Bonchev–Trinajstić information content (AvgIpc) is 4.18. The van der Waals surface area contributed by atoms with Gasteiger partial charge < -0.3 is 52.1 Å². The molecule has 25 heteroatoms. The van der Waals surface area contributed by atoms with Crippen LogP contribution in [0.2, 0.25) is 0 Å². The van der Waals surface area contributed by atoms with Crippen molar-refractivity contribution < 1.29 is 78.7 Å². The van der Waals surface area contributed by atoms with Crippen molar-refractivity contribution in [2.45, 2.75) is 202 Å². The van der Waals surface area contributed by atoms with Crippen LogP contribution in [0.1, 0.15) is 166 Å². The van der Waals surface area contributed by atoms with Crippen LogP contribution in [0.5, 0.6) is 0 Å². The summed E-state index contributed by atoms with van der Waals surface area (Å²) in [5, 5.41) is 10.1. The predicted octanol–water partition coefficient (Wildman–Crippen LogP) is 6.44. The van der Waals surface area contributed by atoms with E-state index in [-0.39, 0.29) is 30.0 Å². The normalized spacial score (nSPS) is 21.5. The molecule has 6 fully saturated rings. The highest BCUT2D eigenvalue weighted by Gasteiger charge is 2.51. The van der Waals surface area contributed by atoms with Gasteiger partial charge in [-0.1, -0.05) is 75.2 Å². The molecule has 0 unspecified atom stereocenters. The molecule has 7 atom stereocenters. The third-order valence-corrected chi connectivity index (χ3v) is 12.1. The summed E-state index contributed by atoms with van der Waals surface area (Å²) < 4.78 is 82.9. The highest BCUT2D eigenvalue weighted by Crippen LogP contribution is 2.43. The number of carbonyl (C=O) groups excluding carboxylic acids is 10. The van der Waals surface area contributed by atoms with Crippen LogP contribution in [-0.2, 0) is 47.9 Å². The molecule has 0 aromatic rings. The van der Waals surface area contributed by atoms with Crippen LogP contribution < -0.4 is 32.7 Å². The third-order valence-electron chi connectivity index (χ3n) is 12.1. The first-order valence-electron chi connectivity index (χ1n) is 26.6. The van der Waals surface area contributed by atoms with Gasteiger partial charge in [0, 0.05) is 58.4 Å². The number of alkyl halides is 7. The van der Waals surface area contributed by atoms with Crippen molar-refractivity contribution in [1.29, 1.82) is 0 Å². The van der Waals surface area contributed by atoms with Gasteiger partial charge in [-0.3, -0.25) is 38.4 Å². The van der Waals surface area contributed by atoms with Gasteiger partial charge in [0.25, 0.3) is 0 Å². The van der Waals surface area contributed by atoms with Crippen LogP contribution in [0.3, 0.4) is 0 Å². The molecule has 2 saturated carbocycles. The van der Waals surface area contributed by atoms with E-state index in [4.69, 9.17) is 15.3 Å². The molecule has 7 amide bonds. The number of amides is 7. The topological polar surface area (TPSA) is 277 Å². The Labute approximate surface area is 452 Å². The number of nitrogens with two attached hydrogens (primary N) is 2. The number of likely N-dealkylation sites (N-methyl/N-ethyl adjacent to an activating group) is 1. The van der Waals surface area contributed by atoms with Crippen LogP contribution in [0, 0.1) is 29.1 Å². The van der Waals surface area contributed by atoms with Crippen molar-refractivity contribution in [3.05, 3.63) is 0 Å². The molecule has 6 aliphatic rings. The van der Waals surface area contributed by atoms with Gasteiger partial charge in [0.15, 0.2) is 0 Å². The van der Waals surface area contributed by atoms with E-state index in [2.05, 4.69) is 21.7 Å². The van der Waals surface area contributed by atoms with Crippen LogP contribution in [0.25, 0.3) is 0 Å². The highest BCUT2D eigenvalue weighted by atomic mass is 19.4. The number of hydrogen-bond donors (Lipinski definition) is 6. The monoisotopic (exact) mass is 1120 g/mol. The van der Waals surface area contributed by atoms with E-state index in [9.17, 15) is 69.1 Å². The first kappa shape index (κ1) is 78.3. The number of fused-ring (bicyclic) bond motifs is 2. The van der Waals surface area contributed by atoms with Gasteiger partial charge in [-0.25, -0.2) is 4.39 Å². The Hall–Kier alpha value is -5.23. The number of likely N-dealkylation sites (tertiary alicyclic amines) is 2. The summed E-state index contributed by atoms with van der Waals surface area (Å²) in [7, 11) is 1.56. The second-order valence-electron chi connectivity index (χ2n) is 19.5. The molecule has 0 radical (unpaired) electrons. The predicted molar refractivity (Wildman–Crippen MR) is 280 cm³/mol. The molecule has 0 bridgehead atoms. The maximum atomic E-state index is 14.1. The summed E-state index contributed by atoms with van der Waals surface area (Å²) in [6.07, 6.45) is 4.85. The van der Waals surface area contributed by atoms with Gasteiger partial charge in [0.05, 0.1) is 0 Å². The smallest absolute Gasteiger partial charge is 0.372 e. The number of piperidine rings is 2. The molecule has 4 aliphatic heterocycles. The maximum Gasteiger partial charge on any atom is 0.471 e. The van der Waals surface area contributed by atoms with Crippen molar-refractivity contribution >= 4 is 60.7 Å². The molecule has 0 aromatic carbocycles. The molecule has 450 valence electrons. The number of aldehydes is 3. The number of rotatable bonds is 8. The standard InChI is InChI=1S/C15H23F3N2O2.C14H24FN3O2.2C5H9NO.2C3H6O.C2HF3O.2C2H6.CH3NO/c1-14(2,3)11(19-13(22)15(16,17)18)12(21)20-7-9-5-4-6-10(9)8-20;1-14(2,15)11(17-3)13(20)18-7-8-5-4-6-9(8)10(18)12(16)19;2*7-5-3-1-2-4-6-5;2*1-2-3-4;3-2(4,5)1-6;2*1-2;2-1-3/h9-11H,4-8H2,1-3H3,(H,19,22);8-11,17H,4-7H2,1-3H3,(H2,16,19);2*1-4H2,(H,6,7);2*3H,2H2,1H3;1H;2*1-2H3;1H,(H2,2,3)/t9-,10+,11-;8-,9-,10-,11+;;;;;;;;/m10......../s1. The fraction of sp³-hybridized carbons (Fsp3) is 0.808. The molecule has 6 rings (SSSR count). The minimum atomic E-state index is -4.98. The Morgan fingerprint density at radius 1 is 0.662 bits per heavy atom. The zero-order valence-electron chi connectivity index (χ0n) is 47.6. The summed E-state index contributed by atoms with van der Waals surface area (Å²) in [5.41, 5.74) is 7.18. The van der Waals surface area contributed by atoms with Crippen LogP contribution >= 0.6 is 0 Å². The Kier molecular flexibility index (Phi) is 42.5. The van der Waals surface area contributed by atoms with Crippen molar-refractivity contribution in [2.75, 3.05) is 39.8 Å². The molecule has 0 aromatic heterocycles. The molecule has 4 saturated heterocycles. The molecule has 18 nitrogen and oxygen atoms in total. The minimum absolute atomic E-state index is 0.150. The van der Waals surface area contributed by atoms with Crippen LogP contribution in [0.15, 0.2) is 0 Å². The molecule has 8 N–H and O–H groups in total. The molecule has 77 heavy (non-hydrogen) atoms. The van der Waals surface area contributed by atoms with Gasteiger partial charge in [-0.2, -0.15) is 26.3 Å². The fourth-order valence-electron chi connectivity index (χ4n) is 8.74. The fourth-order valence-corrected chi connectivity index (χ4v) is 8.74. The SMILES string of the molecule is CC.CC.CC(C)(C)[C@H](NC(=O)C(F)(F)F)C(=O)N1C[C@H]2CCC[C@H]2C1.CCC=O.CCC=O.CN[C@H](C(=O)N1C[C@@H]2CCC[C@@H]2[C@H]1C(N)=O)C(C)(C)F.NC=O.O=C1CCCCN1.O=C1CCCCN1.O=CC(F)(F)F. The largest absolute Gasteiger partial charge is 0.471 e. The Balaban J connectivity index is -0.000000435. The summed E-state index contributed by atoms with van der Waals surface area (Å²) in [5.74, 6) is -1.46. The van der Waals surface area contributed by atoms with E-state index >= 15 is 0 Å². The van der Waals surface area contributed by atoms with E-state index in [1.165, 1.54) is 18.7 Å². The number of nitrogens with one attached hydrogen (secondary N) is 4. The lowest BCUT2D eigenvalue weighted by Gasteiger charge is -2.33.